The maximum absolute atomic E-state index is 12.9. The minimum absolute atomic E-state index is 0.157. The van der Waals surface area contributed by atoms with E-state index in [0.717, 1.165) is 18.4 Å². The Morgan fingerprint density at radius 1 is 1.19 bits per heavy atom. The smallest absolute Gasteiger partial charge is 0.274 e. The number of aromatic amines is 1. The zero-order valence-electron chi connectivity index (χ0n) is 14.2. The lowest BCUT2D eigenvalue weighted by Gasteiger charge is -2.17. The van der Waals surface area contributed by atoms with Crippen LogP contribution in [0.25, 0.3) is 10.8 Å². The third kappa shape index (κ3) is 3.06. The molecule has 0 saturated carbocycles. The summed E-state index contributed by atoms with van der Waals surface area (Å²) >= 11 is 0. The fraction of sp³-hybridized carbons (Fsp3) is 0.250. The molecule has 2 heterocycles. The second kappa shape index (κ2) is 6.63. The van der Waals surface area contributed by atoms with Crippen molar-refractivity contribution in [3.8, 4) is 5.75 Å². The number of carbonyl (C=O) groups excluding carboxylic acids is 1. The van der Waals surface area contributed by atoms with Crippen molar-refractivity contribution in [1.82, 2.24) is 15.1 Å². The Kier molecular flexibility index (Phi) is 4.16. The van der Waals surface area contributed by atoms with Crippen molar-refractivity contribution >= 4 is 16.7 Å². The van der Waals surface area contributed by atoms with Crippen molar-refractivity contribution in [1.29, 1.82) is 0 Å². The molecule has 132 valence electrons. The van der Waals surface area contributed by atoms with E-state index in [4.69, 9.17) is 0 Å². The number of rotatable bonds is 3. The average Bonchev–Trinajstić information content (AvgIpc) is 3.10. The molecular weight excluding hydrogens is 330 g/mol. The molecule has 6 nitrogen and oxygen atoms in total. The van der Waals surface area contributed by atoms with Crippen molar-refractivity contribution in [3.63, 3.8) is 0 Å². The number of benzene rings is 2. The number of phenolic OH excluding ortho intramolecular Hbond substituents is 1. The van der Waals surface area contributed by atoms with Crippen LogP contribution in [0.15, 0.2) is 53.3 Å². The molecule has 1 fully saturated rings. The molecule has 1 aliphatic rings. The van der Waals surface area contributed by atoms with E-state index >= 15 is 0 Å². The SMILES string of the molecule is O=C(c1n[nH]c(=O)c2ccccc12)N1CCC(Cc2cccc(O)c2)C1. The molecule has 0 bridgehead atoms. The minimum Gasteiger partial charge on any atom is -0.508 e. The van der Waals surface area contributed by atoms with Crippen LogP contribution in [-0.2, 0) is 6.42 Å². The van der Waals surface area contributed by atoms with Gasteiger partial charge in [0.1, 0.15) is 5.75 Å². The third-order valence-corrected chi connectivity index (χ3v) is 4.91. The van der Waals surface area contributed by atoms with Crippen molar-refractivity contribution in [3.05, 3.63) is 70.1 Å². The first kappa shape index (κ1) is 16.3. The summed E-state index contributed by atoms with van der Waals surface area (Å²) in [5.74, 6) is 0.447. The molecule has 0 radical (unpaired) electrons. The lowest BCUT2D eigenvalue weighted by atomic mass is 9.98. The predicted octanol–water partition coefficient (Wildman–Crippen LogP) is 2.33. The Bertz CT molecular complexity index is 1030. The molecule has 2 N–H and O–H groups in total. The molecule has 26 heavy (non-hydrogen) atoms. The van der Waals surface area contributed by atoms with Gasteiger partial charge in [-0.25, -0.2) is 5.10 Å². The summed E-state index contributed by atoms with van der Waals surface area (Å²) < 4.78 is 0. The molecular formula is C20H19N3O3. The fourth-order valence-corrected chi connectivity index (χ4v) is 3.63. The molecule has 0 spiro atoms. The molecule has 1 unspecified atom stereocenters. The van der Waals surface area contributed by atoms with Crippen molar-refractivity contribution in [2.75, 3.05) is 13.1 Å². The van der Waals surface area contributed by atoms with Crippen LogP contribution in [0.4, 0.5) is 0 Å². The summed E-state index contributed by atoms with van der Waals surface area (Å²) in [6.07, 6.45) is 1.72. The maximum Gasteiger partial charge on any atom is 0.274 e. The van der Waals surface area contributed by atoms with Crippen LogP contribution < -0.4 is 5.56 Å². The minimum atomic E-state index is -0.291. The Balaban J connectivity index is 1.53. The van der Waals surface area contributed by atoms with Gasteiger partial charge in [0.2, 0.25) is 0 Å². The van der Waals surface area contributed by atoms with Gasteiger partial charge in [-0.2, -0.15) is 5.10 Å². The predicted molar refractivity (Wildman–Crippen MR) is 98.2 cm³/mol. The molecule has 0 aliphatic carbocycles. The number of hydrogen-bond acceptors (Lipinski definition) is 4. The number of phenols is 1. The number of nitrogens with zero attached hydrogens (tertiary/aromatic N) is 2. The van der Waals surface area contributed by atoms with Crippen LogP contribution in [0.2, 0.25) is 0 Å². The first-order chi connectivity index (χ1) is 12.6. The fourth-order valence-electron chi connectivity index (χ4n) is 3.63. The van der Waals surface area contributed by atoms with Gasteiger partial charge in [-0.15, -0.1) is 0 Å². The lowest BCUT2D eigenvalue weighted by molar-refractivity contribution is 0.0782. The molecule has 1 aliphatic heterocycles. The van der Waals surface area contributed by atoms with Gasteiger partial charge in [-0.05, 0) is 42.5 Å². The third-order valence-electron chi connectivity index (χ3n) is 4.91. The zero-order chi connectivity index (χ0) is 18.1. The van der Waals surface area contributed by atoms with E-state index in [2.05, 4.69) is 10.2 Å². The molecule has 3 aromatic rings. The monoisotopic (exact) mass is 349 g/mol. The van der Waals surface area contributed by atoms with E-state index in [1.807, 2.05) is 12.1 Å². The summed E-state index contributed by atoms with van der Waals surface area (Å²) in [6.45, 7) is 1.31. The highest BCUT2D eigenvalue weighted by molar-refractivity contribution is 6.04. The van der Waals surface area contributed by atoms with Crippen LogP contribution in [0.1, 0.15) is 22.5 Å². The van der Waals surface area contributed by atoms with Gasteiger partial charge in [0.05, 0.1) is 5.39 Å². The van der Waals surface area contributed by atoms with Gasteiger partial charge in [-0.1, -0.05) is 30.3 Å². The number of fused-ring (bicyclic) bond motifs is 1. The Hall–Kier alpha value is -3.15. The summed E-state index contributed by atoms with van der Waals surface area (Å²) in [6, 6.07) is 14.3. The van der Waals surface area contributed by atoms with E-state index in [1.54, 1.807) is 41.3 Å². The normalized spacial score (nSPS) is 16.9. The lowest BCUT2D eigenvalue weighted by Crippen LogP contribution is -2.31. The van der Waals surface area contributed by atoms with Crippen LogP contribution in [0.3, 0.4) is 0 Å². The standard InChI is InChI=1S/C20H19N3O3/c24-15-5-3-4-13(11-15)10-14-8-9-23(12-14)20(26)18-16-6-1-2-7-17(16)19(25)22-21-18/h1-7,11,14,24H,8-10,12H2,(H,22,25). The number of H-pyrrole nitrogens is 1. The number of aromatic nitrogens is 2. The summed E-state index contributed by atoms with van der Waals surface area (Å²) in [5, 5.41) is 17.1. The summed E-state index contributed by atoms with van der Waals surface area (Å²) in [7, 11) is 0. The van der Waals surface area contributed by atoms with Crippen molar-refractivity contribution < 1.29 is 9.90 Å². The van der Waals surface area contributed by atoms with E-state index in [1.165, 1.54) is 0 Å². The Morgan fingerprint density at radius 2 is 2.00 bits per heavy atom. The van der Waals surface area contributed by atoms with Crippen molar-refractivity contribution in [2.45, 2.75) is 12.8 Å². The number of carbonyl (C=O) groups is 1. The molecule has 2 aromatic carbocycles. The number of aromatic hydroxyl groups is 1. The molecule has 1 atom stereocenters. The van der Waals surface area contributed by atoms with Gasteiger partial charge < -0.3 is 10.0 Å². The quantitative estimate of drug-likeness (QED) is 0.760. The second-order valence-electron chi connectivity index (χ2n) is 6.73. The van der Waals surface area contributed by atoms with Gasteiger partial charge >= 0.3 is 0 Å². The Labute approximate surface area is 150 Å². The largest absolute Gasteiger partial charge is 0.508 e. The zero-order valence-corrected chi connectivity index (χ0v) is 14.2. The van der Waals surface area contributed by atoms with Gasteiger partial charge in [0, 0.05) is 18.5 Å². The van der Waals surface area contributed by atoms with Crippen LogP contribution in [-0.4, -0.2) is 39.2 Å². The highest BCUT2D eigenvalue weighted by Gasteiger charge is 2.29. The number of nitrogens with one attached hydrogen (secondary N) is 1. The Morgan fingerprint density at radius 3 is 2.81 bits per heavy atom. The molecule has 1 aromatic heterocycles. The molecule has 1 amide bonds. The van der Waals surface area contributed by atoms with E-state index in [9.17, 15) is 14.7 Å². The highest BCUT2D eigenvalue weighted by atomic mass is 16.3. The second-order valence-corrected chi connectivity index (χ2v) is 6.73. The molecule has 4 rings (SSSR count). The van der Waals surface area contributed by atoms with Gasteiger partial charge in [0.25, 0.3) is 11.5 Å². The van der Waals surface area contributed by atoms with E-state index in [-0.39, 0.29) is 17.2 Å². The highest BCUT2D eigenvalue weighted by Crippen LogP contribution is 2.24. The topological polar surface area (TPSA) is 86.3 Å². The number of amides is 1. The number of hydrogen-bond donors (Lipinski definition) is 2. The van der Waals surface area contributed by atoms with Crippen LogP contribution >= 0.6 is 0 Å². The molecule has 1 saturated heterocycles. The first-order valence-corrected chi connectivity index (χ1v) is 8.66. The van der Waals surface area contributed by atoms with E-state index < -0.39 is 0 Å². The van der Waals surface area contributed by atoms with Gasteiger partial charge in [0.15, 0.2) is 5.69 Å². The summed E-state index contributed by atoms with van der Waals surface area (Å²) in [4.78, 5) is 26.6. The first-order valence-electron chi connectivity index (χ1n) is 8.66. The summed E-state index contributed by atoms with van der Waals surface area (Å²) in [5.41, 5.74) is 1.07. The average molecular weight is 349 g/mol. The molecule has 6 heteroatoms. The van der Waals surface area contributed by atoms with E-state index in [0.29, 0.717) is 35.5 Å². The van der Waals surface area contributed by atoms with Crippen molar-refractivity contribution in [2.24, 2.45) is 5.92 Å². The van der Waals surface area contributed by atoms with Gasteiger partial charge in [-0.3, -0.25) is 9.59 Å². The maximum atomic E-state index is 12.9. The van der Waals surface area contributed by atoms with Crippen LogP contribution in [0.5, 0.6) is 5.75 Å². The number of likely N-dealkylation sites (tertiary alicyclic amines) is 1. The van der Waals surface area contributed by atoms with Crippen LogP contribution in [0, 0.1) is 5.92 Å².